The van der Waals surface area contributed by atoms with E-state index >= 15 is 0 Å². The second kappa shape index (κ2) is 8.81. The van der Waals surface area contributed by atoms with E-state index in [9.17, 15) is 0 Å². The first-order chi connectivity index (χ1) is 11.2. The monoisotopic (exact) mass is 348 g/mol. The van der Waals surface area contributed by atoms with Crippen LogP contribution >= 0.6 is 12.4 Å². The van der Waals surface area contributed by atoms with Gasteiger partial charge in [-0.15, -0.1) is 12.4 Å². The van der Waals surface area contributed by atoms with Gasteiger partial charge in [0.1, 0.15) is 12.7 Å². The van der Waals surface area contributed by atoms with Crippen LogP contribution in [0.5, 0.6) is 11.5 Å². The van der Waals surface area contributed by atoms with E-state index in [1.54, 1.807) is 0 Å². The number of nitrogens with zero attached hydrogens (tertiary/aromatic N) is 1. The number of hydrogen-bond donors (Lipinski definition) is 1. The zero-order valence-corrected chi connectivity index (χ0v) is 14.8. The Labute approximate surface area is 150 Å². The molecule has 3 rings (SSSR count). The third-order valence-electron chi connectivity index (χ3n) is 3.93. The molecule has 0 aliphatic carbocycles. The molecule has 0 amide bonds. The molecular weight excluding hydrogens is 324 g/mol. The van der Waals surface area contributed by atoms with Crippen LogP contribution < -0.4 is 15.2 Å². The minimum atomic E-state index is 0. The van der Waals surface area contributed by atoms with E-state index in [1.165, 1.54) is 5.56 Å². The van der Waals surface area contributed by atoms with E-state index in [-0.39, 0.29) is 18.5 Å². The SMILES string of the molecule is CCCN(Cc1cccc(N)c1)CC1COc2ccccc2O1.Cl. The summed E-state index contributed by atoms with van der Waals surface area (Å²) in [4.78, 5) is 2.40. The number of benzene rings is 2. The van der Waals surface area contributed by atoms with Crippen molar-refractivity contribution in [1.29, 1.82) is 0 Å². The Morgan fingerprint density at radius 2 is 1.92 bits per heavy atom. The Morgan fingerprint density at radius 3 is 2.67 bits per heavy atom. The molecular formula is C19H25ClN2O2. The molecule has 2 N–H and O–H groups in total. The van der Waals surface area contributed by atoms with Crippen molar-refractivity contribution in [3.63, 3.8) is 0 Å². The Kier molecular flexibility index (Phi) is 6.76. The summed E-state index contributed by atoms with van der Waals surface area (Å²) in [6.07, 6.45) is 1.16. The van der Waals surface area contributed by atoms with Crippen LogP contribution in [0.3, 0.4) is 0 Å². The summed E-state index contributed by atoms with van der Waals surface area (Å²) < 4.78 is 11.9. The quantitative estimate of drug-likeness (QED) is 0.808. The highest BCUT2D eigenvalue weighted by molar-refractivity contribution is 5.85. The van der Waals surface area contributed by atoms with E-state index in [2.05, 4.69) is 17.9 Å². The smallest absolute Gasteiger partial charge is 0.161 e. The van der Waals surface area contributed by atoms with Crippen LogP contribution in [0.4, 0.5) is 5.69 Å². The van der Waals surface area contributed by atoms with Gasteiger partial charge < -0.3 is 15.2 Å². The molecule has 1 heterocycles. The number of hydrogen-bond acceptors (Lipinski definition) is 4. The van der Waals surface area contributed by atoms with Gasteiger partial charge in [-0.05, 0) is 42.8 Å². The number of rotatable bonds is 6. The van der Waals surface area contributed by atoms with Gasteiger partial charge in [-0.2, -0.15) is 0 Å². The molecule has 0 saturated heterocycles. The molecule has 0 fully saturated rings. The maximum Gasteiger partial charge on any atom is 0.161 e. The number of fused-ring (bicyclic) bond motifs is 1. The lowest BCUT2D eigenvalue weighted by Crippen LogP contribution is -2.41. The summed E-state index contributed by atoms with van der Waals surface area (Å²) in [6.45, 7) is 5.53. The van der Waals surface area contributed by atoms with E-state index < -0.39 is 0 Å². The number of halogens is 1. The molecule has 1 atom stereocenters. The number of anilines is 1. The predicted molar refractivity (Wildman–Crippen MR) is 100 cm³/mol. The lowest BCUT2D eigenvalue weighted by atomic mass is 10.1. The molecule has 0 bridgehead atoms. The second-order valence-corrected chi connectivity index (χ2v) is 5.98. The Bertz CT molecular complexity index is 651. The molecule has 130 valence electrons. The van der Waals surface area contributed by atoms with Crippen molar-refractivity contribution in [2.75, 3.05) is 25.4 Å². The molecule has 1 unspecified atom stereocenters. The van der Waals surface area contributed by atoms with Gasteiger partial charge in [0.2, 0.25) is 0 Å². The summed E-state index contributed by atoms with van der Waals surface area (Å²) in [6, 6.07) is 15.9. The van der Waals surface area contributed by atoms with Gasteiger partial charge in [0, 0.05) is 18.8 Å². The minimum Gasteiger partial charge on any atom is -0.486 e. The van der Waals surface area contributed by atoms with Crippen molar-refractivity contribution >= 4 is 18.1 Å². The van der Waals surface area contributed by atoms with Gasteiger partial charge in [0.15, 0.2) is 11.5 Å². The zero-order chi connectivity index (χ0) is 16.1. The van der Waals surface area contributed by atoms with Crippen LogP contribution in [-0.4, -0.2) is 30.7 Å². The number of nitrogen functional groups attached to an aromatic ring is 1. The summed E-state index contributed by atoms with van der Waals surface area (Å²) in [5.41, 5.74) is 7.92. The molecule has 24 heavy (non-hydrogen) atoms. The van der Waals surface area contributed by atoms with Crippen LogP contribution in [0.1, 0.15) is 18.9 Å². The van der Waals surface area contributed by atoms with Crippen molar-refractivity contribution in [2.45, 2.75) is 26.0 Å². The molecule has 0 saturated carbocycles. The Hall–Kier alpha value is -1.91. The summed E-state index contributed by atoms with van der Waals surface area (Å²) >= 11 is 0. The average molecular weight is 349 g/mol. The third kappa shape index (κ3) is 4.79. The number of nitrogens with two attached hydrogens (primary N) is 1. The normalized spacial score (nSPS) is 15.8. The molecule has 5 heteroatoms. The fraction of sp³-hybridized carbons (Fsp3) is 0.368. The van der Waals surface area contributed by atoms with Gasteiger partial charge in [0.05, 0.1) is 0 Å². The summed E-state index contributed by atoms with van der Waals surface area (Å²) in [5.74, 6) is 1.67. The first-order valence-electron chi connectivity index (χ1n) is 8.20. The highest BCUT2D eigenvalue weighted by atomic mass is 35.5. The van der Waals surface area contributed by atoms with E-state index in [4.69, 9.17) is 15.2 Å². The van der Waals surface area contributed by atoms with Crippen LogP contribution in [0, 0.1) is 0 Å². The van der Waals surface area contributed by atoms with Gasteiger partial charge in [-0.25, -0.2) is 0 Å². The van der Waals surface area contributed by atoms with Crippen molar-refractivity contribution in [2.24, 2.45) is 0 Å². The maximum atomic E-state index is 6.08. The summed E-state index contributed by atoms with van der Waals surface area (Å²) in [5, 5.41) is 0. The van der Waals surface area contributed by atoms with Gasteiger partial charge >= 0.3 is 0 Å². The fourth-order valence-electron chi connectivity index (χ4n) is 2.94. The molecule has 0 aromatic heterocycles. The lowest BCUT2D eigenvalue weighted by molar-refractivity contribution is 0.0564. The van der Waals surface area contributed by atoms with E-state index in [0.717, 1.165) is 43.2 Å². The zero-order valence-electron chi connectivity index (χ0n) is 14.0. The predicted octanol–water partition coefficient (Wildman–Crippen LogP) is 3.74. The fourth-order valence-corrected chi connectivity index (χ4v) is 2.94. The summed E-state index contributed by atoms with van der Waals surface area (Å²) in [7, 11) is 0. The minimum absolute atomic E-state index is 0. The van der Waals surface area contributed by atoms with Crippen LogP contribution in [0.25, 0.3) is 0 Å². The largest absolute Gasteiger partial charge is 0.486 e. The maximum absolute atomic E-state index is 6.08. The second-order valence-electron chi connectivity index (χ2n) is 5.98. The van der Waals surface area contributed by atoms with Crippen molar-refractivity contribution in [3.8, 4) is 11.5 Å². The topological polar surface area (TPSA) is 47.7 Å². The van der Waals surface area contributed by atoms with Gasteiger partial charge in [-0.1, -0.05) is 31.2 Å². The third-order valence-corrected chi connectivity index (χ3v) is 3.93. The Morgan fingerprint density at radius 1 is 1.12 bits per heavy atom. The van der Waals surface area contributed by atoms with Crippen molar-refractivity contribution in [3.05, 3.63) is 54.1 Å². The molecule has 1 aliphatic rings. The van der Waals surface area contributed by atoms with Crippen molar-refractivity contribution < 1.29 is 9.47 Å². The Balaban J connectivity index is 0.00000208. The lowest BCUT2D eigenvalue weighted by Gasteiger charge is -2.31. The average Bonchev–Trinajstić information content (AvgIpc) is 2.55. The molecule has 0 radical (unpaired) electrons. The molecule has 2 aromatic carbocycles. The highest BCUT2D eigenvalue weighted by Gasteiger charge is 2.22. The van der Waals surface area contributed by atoms with E-state index in [0.29, 0.717) is 6.61 Å². The first-order valence-corrected chi connectivity index (χ1v) is 8.20. The molecule has 1 aliphatic heterocycles. The highest BCUT2D eigenvalue weighted by Crippen LogP contribution is 2.31. The van der Waals surface area contributed by atoms with E-state index in [1.807, 2.05) is 42.5 Å². The van der Waals surface area contributed by atoms with Crippen LogP contribution in [0.15, 0.2) is 48.5 Å². The first kappa shape index (κ1) is 18.4. The van der Waals surface area contributed by atoms with Crippen LogP contribution in [0.2, 0.25) is 0 Å². The number of ether oxygens (including phenoxy) is 2. The van der Waals surface area contributed by atoms with Crippen LogP contribution in [-0.2, 0) is 6.54 Å². The molecule has 4 nitrogen and oxygen atoms in total. The molecule has 2 aromatic rings. The molecule has 0 spiro atoms. The number of para-hydroxylation sites is 2. The van der Waals surface area contributed by atoms with Gasteiger partial charge in [0.25, 0.3) is 0 Å². The van der Waals surface area contributed by atoms with Gasteiger partial charge in [-0.3, -0.25) is 4.90 Å². The van der Waals surface area contributed by atoms with Crippen molar-refractivity contribution in [1.82, 2.24) is 4.90 Å². The standard InChI is InChI=1S/C19H24N2O2.ClH/c1-2-10-21(12-15-6-5-7-16(20)11-15)13-17-14-22-18-8-3-4-9-19(18)23-17;/h3-9,11,17H,2,10,12-14,20H2,1H3;1H.